The Morgan fingerprint density at radius 1 is 1.09 bits per heavy atom. The molecule has 1 saturated carbocycles. The van der Waals surface area contributed by atoms with Crippen LogP contribution in [0.25, 0.3) is 22.5 Å². The standard InChI is InChI=1S/C24H24ClN5O3/c1-2-13-28-19-5-3-4-6-20(19)30(24(28)32)15-22(31)29(18-11-12-18)14-21-26-27-23(33-21)16-7-9-17(25)10-8-16/h3-10,18H,2,11-15H2,1H3. The summed E-state index contributed by atoms with van der Waals surface area (Å²) >= 11 is 5.95. The lowest BCUT2D eigenvalue weighted by atomic mass is 10.2. The number of aromatic nitrogens is 4. The van der Waals surface area contributed by atoms with Crippen LogP contribution in [-0.2, 0) is 24.4 Å². The third-order valence-corrected chi connectivity index (χ3v) is 6.09. The van der Waals surface area contributed by atoms with Crippen molar-refractivity contribution >= 4 is 28.5 Å². The smallest absolute Gasteiger partial charge is 0.329 e. The van der Waals surface area contributed by atoms with Crippen molar-refractivity contribution in [1.29, 1.82) is 0 Å². The van der Waals surface area contributed by atoms with Crippen molar-refractivity contribution in [1.82, 2.24) is 24.2 Å². The van der Waals surface area contributed by atoms with E-state index in [0.29, 0.717) is 23.3 Å². The van der Waals surface area contributed by atoms with Gasteiger partial charge in [-0.1, -0.05) is 30.7 Å². The van der Waals surface area contributed by atoms with Crippen LogP contribution in [0.2, 0.25) is 5.02 Å². The molecule has 9 heteroatoms. The van der Waals surface area contributed by atoms with Gasteiger partial charge in [-0.15, -0.1) is 10.2 Å². The zero-order valence-electron chi connectivity index (χ0n) is 18.3. The number of fused-ring (bicyclic) bond motifs is 1. The minimum atomic E-state index is -0.162. The lowest BCUT2D eigenvalue weighted by molar-refractivity contribution is -0.133. The van der Waals surface area contributed by atoms with Crippen molar-refractivity contribution in [3.8, 4) is 11.5 Å². The summed E-state index contributed by atoms with van der Waals surface area (Å²) < 4.78 is 9.12. The highest BCUT2D eigenvalue weighted by molar-refractivity contribution is 6.30. The number of imidazole rings is 1. The predicted octanol–water partition coefficient (Wildman–Crippen LogP) is 4.11. The van der Waals surface area contributed by atoms with E-state index in [0.717, 1.165) is 35.9 Å². The average Bonchev–Trinajstić information content (AvgIpc) is 3.50. The Hall–Kier alpha value is -3.39. The molecule has 0 saturated heterocycles. The SMILES string of the molecule is CCCn1c(=O)n(CC(=O)N(Cc2nnc(-c3ccc(Cl)cc3)o2)C2CC2)c2ccccc21. The van der Waals surface area contributed by atoms with Crippen LogP contribution in [0.1, 0.15) is 32.1 Å². The van der Waals surface area contributed by atoms with Crippen molar-refractivity contribution < 1.29 is 9.21 Å². The predicted molar refractivity (Wildman–Crippen MR) is 125 cm³/mol. The van der Waals surface area contributed by atoms with Gasteiger partial charge in [0.1, 0.15) is 6.54 Å². The summed E-state index contributed by atoms with van der Waals surface area (Å²) in [6.45, 7) is 2.83. The maximum absolute atomic E-state index is 13.3. The van der Waals surface area contributed by atoms with E-state index in [2.05, 4.69) is 10.2 Å². The van der Waals surface area contributed by atoms with E-state index in [1.807, 2.05) is 43.3 Å². The van der Waals surface area contributed by atoms with Crippen LogP contribution in [-0.4, -0.2) is 36.2 Å². The molecule has 1 fully saturated rings. The Balaban J connectivity index is 1.38. The molecule has 0 atom stereocenters. The monoisotopic (exact) mass is 465 g/mol. The van der Waals surface area contributed by atoms with Crippen LogP contribution in [0.3, 0.4) is 0 Å². The van der Waals surface area contributed by atoms with Gasteiger partial charge in [0.05, 0.1) is 17.6 Å². The maximum Gasteiger partial charge on any atom is 0.329 e. The van der Waals surface area contributed by atoms with Crippen LogP contribution in [0.4, 0.5) is 0 Å². The molecular formula is C24H24ClN5O3. The lowest BCUT2D eigenvalue weighted by Gasteiger charge is -2.20. The van der Waals surface area contributed by atoms with Gasteiger partial charge in [-0.25, -0.2) is 4.79 Å². The van der Waals surface area contributed by atoms with Crippen molar-refractivity contribution in [2.24, 2.45) is 0 Å². The molecule has 170 valence electrons. The number of carbonyl (C=O) groups is 1. The lowest BCUT2D eigenvalue weighted by Crippen LogP contribution is -2.38. The summed E-state index contributed by atoms with van der Waals surface area (Å²) in [5.74, 6) is 0.606. The van der Waals surface area contributed by atoms with Gasteiger partial charge in [-0.3, -0.25) is 13.9 Å². The van der Waals surface area contributed by atoms with E-state index in [1.54, 1.807) is 26.2 Å². The summed E-state index contributed by atoms with van der Waals surface area (Å²) in [5, 5.41) is 8.87. The first-order valence-electron chi connectivity index (χ1n) is 11.1. The molecule has 1 amide bonds. The zero-order chi connectivity index (χ0) is 22.9. The quantitative estimate of drug-likeness (QED) is 0.391. The molecule has 0 radical (unpaired) electrons. The fraction of sp³-hybridized carbons (Fsp3) is 0.333. The molecule has 8 nitrogen and oxygen atoms in total. The van der Waals surface area contributed by atoms with Crippen molar-refractivity contribution in [2.75, 3.05) is 0 Å². The first-order valence-corrected chi connectivity index (χ1v) is 11.5. The number of halogens is 1. The largest absolute Gasteiger partial charge is 0.419 e. The molecular weight excluding hydrogens is 442 g/mol. The number of hydrogen-bond acceptors (Lipinski definition) is 5. The highest BCUT2D eigenvalue weighted by Gasteiger charge is 2.34. The van der Waals surface area contributed by atoms with Crippen LogP contribution in [0.15, 0.2) is 57.7 Å². The first kappa shape index (κ1) is 21.5. The molecule has 0 spiro atoms. The van der Waals surface area contributed by atoms with Crippen LogP contribution < -0.4 is 5.69 Å². The molecule has 1 aliphatic carbocycles. The molecule has 2 aromatic heterocycles. The summed E-state index contributed by atoms with van der Waals surface area (Å²) in [6, 6.07) is 14.9. The minimum Gasteiger partial charge on any atom is -0.419 e. The third-order valence-electron chi connectivity index (χ3n) is 5.84. The minimum absolute atomic E-state index is 0.0231. The van der Waals surface area contributed by atoms with Crippen molar-refractivity contribution in [3.05, 3.63) is 69.9 Å². The first-order chi connectivity index (χ1) is 16.0. The van der Waals surface area contributed by atoms with E-state index in [1.165, 1.54) is 0 Å². The molecule has 0 bridgehead atoms. The number of hydrogen-bond donors (Lipinski definition) is 0. The Labute approximate surface area is 195 Å². The second-order valence-corrected chi connectivity index (χ2v) is 8.71. The molecule has 4 aromatic rings. The number of aryl methyl sites for hydroxylation is 1. The van der Waals surface area contributed by atoms with Gasteiger partial charge < -0.3 is 9.32 Å². The van der Waals surface area contributed by atoms with Gasteiger partial charge in [0.15, 0.2) is 0 Å². The summed E-state index contributed by atoms with van der Waals surface area (Å²) in [6.07, 6.45) is 2.69. The summed E-state index contributed by atoms with van der Waals surface area (Å²) in [7, 11) is 0. The van der Waals surface area contributed by atoms with Gasteiger partial charge >= 0.3 is 5.69 Å². The third kappa shape index (κ3) is 4.30. The van der Waals surface area contributed by atoms with Gasteiger partial charge in [0.2, 0.25) is 17.7 Å². The van der Waals surface area contributed by atoms with E-state index in [-0.39, 0.29) is 30.7 Å². The average molecular weight is 466 g/mol. The fourth-order valence-corrected chi connectivity index (χ4v) is 4.20. The van der Waals surface area contributed by atoms with Crippen molar-refractivity contribution in [3.63, 3.8) is 0 Å². The molecule has 2 aromatic carbocycles. The van der Waals surface area contributed by atoms with Crippen LogP contribution in [0, 0.1) is 0 Å². The van der Waals surface area contributed by atoms with Crippen LogP contribution in [0.5, 0.6) is 0 Å². The summed E-state index contributed by atoms with van der Waals surface area (Å²) in [5.41, 5.74) is 2.21. The molecule has 2 heterocycles. The fourth-order valence-electron chi connectivity index (χ4n) is 4.07. The van der Waals surface area contributed by atoms with Crippen molar-refractivity contribution in [2.45, 2.75) is 51.9 Å². The number of nitrogens with zero attached hydrogens (tertiary/aromatic N) is 5. The summed E-state index contributed by atoms with van der Waals surface area (Å²) in [4.78, 5) is 28.1. The Kier molecular flexibility index (Phi) is 5.76. The Morgan fingerprint density at radius 3 is 2.45 bits per heavy atom. The number of para-hydroxylation sites is 2. The number of benzene rings is 2. The molecule has 1 aliphatic rings. The van der Waals surface area contributed by atoms with Gasteiger partial charge in [-0.2, -0.15) is 0 Å². The molecule has 5 rings (SSSR count). The molecule has 0 N–H and O–H groups in total. The van der Waals surface area contributed by atoms with E-state index < -0.39 is 0 Å². The van der Waals surface area contributed by atoms with Crippen LogP contribution >= 0.6 is 11.6 Å². The second kappa shape index (κ2) is 8.86. The second-order valence-electron chi connectivity index (χ2n) is 8.27. The Morgan fingerprint density at radius 2 is 1.79 bits per heavy atom. The molecule has 0 unspecified atom stereocenters. The maximum atomic E-state index is 13.3. The Bertz CT molecular complexity index is 1350. The highest BCUT2D eigenvalue weighted by atomic mass is 35.5. The van der Waals surface area contributed by atoms with Gasteiger partial charge in [-0.05, 0) is 55.7 Å². The normalized spacial score (nSPS) is 13.5. The highest BCUT2D eigenvalue weighted by Crippen LogP contribution is 2.29. The van der Waals surface area contributed by atoms with Gasteiger partial charge in [0, 0.05) is 23.2 Å². The van der Waals surface area contributed by atoms with E-state index >= 15 is 0 Å². The number of amides is 1. The molecule has 0 aliphatic heterocycles. The van der Waals surface area contributed by atoms with E-state index in [9.17, 15) is 9.59 Å². The van der Waals surface area contributed by atoms with Gasteiger partial charge in [0.25, 0.3) is 0 Å². The molecule has 33 heavy (non-hydrogen) atoms. The van der Waals surface area contributed by atoms with E-state index in [4.69, 9.17) is 16.0 Å². The zero-order valence-corrected chi connectivity index (χ0v) is 19.0. The number of rotatable bonds is 8. The topological polar surface area (TPSA) is 86.2 Å². The number of carbonyl (C=O) groups excluding carboxylic acids is 1.